The van der Waals surface area contributed by atoms with Crippen molar-refractivity contribution in [2.75, 3.05) is 20.2 Å². The van der Waals surface area contributed by atoms with E-state index in [-0.39, 0.29) is 18.2 Å². The SMILES string of the molecule is COc1cc(C(=O)N2CCC(CC(=O)O)C2)ccc1C. The van der Waals surface area contributed by atoms with Gasteiger partial charge in [0.2, 0.25) is 0 Å². The molecule has 0 aliphatic carbocycles. The molecule has 1 amide bonds. The Morgan fingerprint density at radius 1 is 1.45 bits per heavy atom. The number of carbonyl (C=O) groups is 2. The number of likely N-dealkylation sites (tertiary alicyclic amines) is 1. The molecule has 1 heterocycles. The normalized spacial score (nSPS) is 18.1. The number of ether oxygens (including phenoxy) is 1. The number of carboxylic acid groups (broad SMARTS) is 1. The van der Waals surface area contributed by atoms with Crippen LogP contribution in [0, 0.1) is 12.8 Å². The van der Waals surface area contributed by atoms with Gasteiger partial charge in [-0.3, -0.25) is 9.59 Å². The van der Waals surface area contributed by atoms with Crippen LogP contribution < -0.4 is 4.74 Å². The van der Waals surface area contributed by atoms with Gasteiger partial charge in [-0.1, -0.05) is 6.07 Å². The summed E-state index contributed by atoms with van der Waals surface area (Å²) >= 11 is 0. The van der Waals surface area contributed by atoms with Gasteiger partial charge >= 0.3 is 5.97 Å². The van der Waals surface area contributed by atoms with Crippen molar-refractivity contribution in [1.82, 2.24) is 4.90 Å². The fourth-order valence-corrected chi connectivity index (χ4v) is 2.57. The number of hydrogen-bond donors (Lipinski definition) is 1. The Hall–Kier alpha value is -2.04. The molecule has 1 fully saturated rings. The summed E-state index contributed by atoms with van der Waals surface area (Å²) in [6.45, 7) is 3.06. The van der Waals surface area contributed by atoms with E-state index in [4.69, 9.17) is 9.84 Å². The summed E-state index contributed by atoms with van der Waals surface area (Å²) in [6, 6.07) is 5.38. The third kappa shape index (κ3) is 3.10. The zero-order valence-electron chi connectivity index (χ0n) is 11.8. The van der Waals surface area contributed by atoms with Crippen molar-refractivity contribution in [3.8, 4) is 5.75 Å². The van der Waals surface area contributed by atoms with Crippen molar-refractivity contribution in [2.24, 2.45) is 5.92 Å². The van der Waals surface area contributed by atoms with Gasteiger partial charge in [-0.2, -0.15) is 0 Å². The van der Waals surface area contributed by atoms with E-state index in [2.05, 4.69) is 0 Å². The molecule has 0 radical (unpaired) electrons. The summed E-state index contributed by atoms with van der Waals surface area (Å²) in [4.78, 5) is 24.8. The Kier molecular flexibility index (Phi) is 4.27. The van der Waals surface area contributed by atoms with Gasteiger partial charge in [-0.15, -0.1) is 0 Å². The van der Waals surface area contributed by atoms with Crippen molar-refractivity contribution >= 4 is 11.9 Å². The Labute approximate surface area is 118 Å². The van der Waals surface area contributed by atoms with Crippen LogP contribution in [0.4, 0.5) is 0 Å². The minimum Gasteiger partial charge on any atom is -0.496 e. The van der Waals surface area contributed by atoms with Crippen LogP contribution in [0.25, 0.3) is 0 Å². The third-order valence-electron chi connectivity index (χ3n) is 3.69. The largest absolute Gasteiger partial charge is 0.496 e. The molecule has 0 saturated carbocycles. The molecule has 0 spiro atoms. The maximum atomic E-state index is 12.4. The van der Waals surface area contributed by atoms with E-state index in [9.17, 15) is 9.59 Å². The Morgan fingerprint density at radius 3 is 2.85 bits per heavy atom. The molecule has 2 rings (SSSR count). The molecule has 1 aliphatic heterocycles. The van der Waals surface area contributed by atoms with Crippen LogP contribution in [-0.4, -0.2) is 42.1 Å². The van der Waals surface area contributed by atoms with Crippen LogP contribution in [0.15, 0.2) is 18.2 Å². The van der Waals surface area contributed by atoms with Crippen LogP contribution in [-0.2, 0) is 4.79 Å². The molecule has 5 heteroatoms. The average Bonchev–Trinajstić information content (AvgIpc) is 2.86. The standard InChI is InChI=1S/C15H19NO4/c1-10-3-4-12(8-13(10)20-2)15(19)16-6-5-11(9-16)7-14(17)18/h3-4,8,11H,5-7,9H2,1-2H3,(H,17,18). The lowest BCUT2D eigenvalue weighted by atomic mass is 10.1. The number of amides is 1. The van der Waals surface area contributed by atoms with Gasteiger partial charge < -0.3 is 14.7 Å². The predicted octanol–water partition coefficient (Wildman–Crippen LogP) is 1.94. The zero-order chi connectivity index (χ0) is 14.7. The van der Waals surface area contributed by atoms with Gasteiger partial charge in [0.15, 0.2) is 0 Å². The van der Waals surface area contributed by atoms with E-state index < -0.39 is 5.97 Å². The number of carbonyl (C=O) groups excluding carboxylic acids is 1. The van der Waals surface area contributed by atoms with Crippen molar-refractivity contribution < 1.29 is 19.4 Å². The number of methoxy groups -OCH3 is 1. The molecule has 0 aromatic heterocycles. The average molecular weight is 277 g/mol. The van der Waals surface area contributed by atoms with Crippen LogP contribution in [0.1, 0.15) is 28.8 Å². The topological polar surface area (TPSA) is 66.8 Å². The molecule has 20 heavy (non-hydrogen) atoms. The van der Waals surface area contributed by atoms with Gasteiger partial charge in [-0.05, 0) is 37.0 Å². The van der Waals surface area contributed by atoms with E-state index in [1.165, 1.54) is 0 Å². The number of hydrogen-bond acceptors (Lipinski definition) is 3. The molecular formula is C15H19NO4. The number of aryl methyl sites for hydroxylation is 1. The van der Waals surface area contributed by atoms with Crippen LogP contribution in [0.5, 0.6) is 5.75 Å². The Bertz CT molecular complexity index is 527. The smallest absolute Gasteiger partial charge is 0.303 e. The Morgan fingerprint density at radius 2 is 2.20 bits per heavy atom. The molecule has 1 saturated heterocycles. The summed E-state index contributed by atoms with van der Waals surface area (Å²) in [5.41, 5.74) is 1.57. The second-order valence-electron chi connectivity index (χ2n) is 5.19. The number of nitrogens with zero attached hydrogens (tertiary/aromatic N) is 1. The fourth-order valence-electron chi connectivity index (χ4n) is 2.57. The fraction of sp³-hybridized carbons (Fsp3) is 0.467. The highest BCUT2D eigenvalue weighted by atomic mass is 16.5. The number of rotatable bonds is 4. The first-order valence-corrected chi connectivity index (χ1v) is 6.67. The van der Waals surface area contributed by atoms with Crippen LogP contribution in [0.2, 0.25) is 0 Å². The zero-order valence-corrected chi connectivity index (χ0v) is 11.8. The first-order chi connectivity index (χ1) is 9.51. The molecule has 1 atom stereocenters. The first-order valence-electron chi connectivity index (χ1n) is 6.67. The molecule has 1 aliphatic rings. The summed E-state index contributed by atoms with van der Waals surface area (Å²) in [5, 5.41) is 8.79. The molecule has 5 nitrogen and oxygen atoms in total. The number of aliphatic carboxylic acids is 1. The van der Waals surface area contributed by atoms with Gasteiger partial charge in [-0.25, -0.2) is 0 Å². The minimum atomic E-state index is -0.804. The van der Waals surface area contributed by atoms with Crippen molar-refractivity contribution in [2.45, 2.75) is 19.8 Å². The highest BCUT2D eigenvalue weighted by Crippen LogP contribution is 2.24. The summed E-state index contributed by atoms with van der Waals surface area (Å²) in [5.74, 6) is -0.113. The molecule has 108 valence electrons. The summed E-state index contributed by atoms with van der Waals surface area (Å²) in [6.07, 6.45) is 0.877. The van der Waals surface area contributed by atoms with E-state index in [1.54, 1.807) is 24.1 Å². The number of benzene rings is 1. The molecule has 1 aromatic rings. The lowest BCUT2D eigenvalue weighted by molar-refractivity contribution is -0.138. The minimum absolute atomic E-state index is 0.0591. The molecule has 0 bridgehead atoms. The monoisotopic (exact) mass is 277 g/mol. The molecule has 1 N–H and O–H groups in total. The van der Waals surface area contributed by atoms with E-state index >= 15 is 0 Å². The summed E-state index contributed by atoms with van der Waals surface area (Å²) in [7, 11) is 1.58. The quantitative estimate of drug-likeness (QED) is 0.913. The lowest BCUT2D eigenvalue weighted by Crippen LogP contribution is -2.29. The molecule has 1 aromatic carbocycles. The van der Waals surface area contributed by atoms with E-state index in [0.717, 1.165) is 12.0 Å². The van der Waals surface area contributed by atoms with Crippen LogP contribution in [0.3, 0.4) is 0 Å². The van der Waals surface area contributed by atoms with E-state index in [0.29, 0.717) is 24.4 Å². The van der Waals surface area contributed by atoms with Crippen molar-refractivity contribution in [3.05, 3.63) is 29.3 Å². The first kappa shape index (κ1) is 14.4. The summed E-state index contributed by atoms with van der Waals surface area (Å²) < 4.78 is 5.22. The third-order valence-corrected chi connectivity index (χ3v) is 3.69. The molecular weight excluding hydrogens is 258 g/mol. The second-order valence-corrected chi connectivity index (χ2v) is 5.19. The highest BCUT2D eigenvalue weighted by Gasteiger charge is 2.28. The molecule has 1 unspecified atom stereocenters. The predicted molar refractivity (Wildman–Crippen MR) is 74.0 cm³/mol. The van der Waals surface area contributed by atoms with Crippen LogP contribution >= 0.6 is 0 Å². The Balaban J connectivity index is 2.07. The van der Waals surface area contributed by atoms with Gasteiger partial charge in [0.1, 0.15) is 5.75 Å². The maximum absolute atomic E-state index is 12.4. The van der Waals surface area contributed by atoms with Gasteiger partial charge in [0.25, 0.3) is 5.91 Å². The van der Waals surface area contributed by atoms with E-state index in [1.807, 2.05) is 13.0 Å². The van der Waals surface area contributed by atoms with Crippen molar-refractivity contribution in [3.63, 3.8) is 0 Å². The number of carboxylic acids is 1. The van der Waals surface area contributed by atoms with Gasteiger partial charge in [0, 0.05) is 25.1 Å². The maximum Gasteiger partial charge on any atom is 0.303 e. The second kappa shape index (κ2) is 5.94. The van der Waals surface area contributed by atoms with Crippen molar-refractivity contribution in [1.29, 1.82) is 0 Å². The highest BCUT2D eigenvalue weighted by molar-refractivity contribution is 5.95. The lowest BCUT2D eigenvalue weighted by Gasteiger charge is -2.17. The van der Waals surface area contributed by atoms with Gasteiger partial charge in [0.05, 0.1) is 7.11 Å².